The van der Waals surface area contributed by atoms with Crippen LogP contribution in [0.2, 0.25) is 0 Å². The van der Waals surface area contributed by atoms with E-state index in [1.54, 1.807) is 0 Å². The second-order valence-corrected chi connectivity index (χ2v) is 7.10. The lowest BCUT2D eigenvalue weighted by Gasteiger charge is -2.28. The molecule has 5 heteroatoms. The van der Waals surface area contributed by atoms with Gasteiger partial charge in [0.1, 0.15) is 0 Å². The molecule has 1 aromatic heterocycles. The molecule has 2 heterocycles. The third-order valence-corrected chi connectivity index (χ3v) is 4.92. The predicted octanol–water partition coefficient (Wildman–Crippen LogP) is 3.90. The average Bonchev–Trinajstić information content (AvgIpc) is 3.17. The number of nitrogens with zero attached hydrogens (tertiary/aromatic N) is 4. The highest BCUT2D eigenvalue weighted by Gasteiger charge is 2.16. The van der Waals surface area contributed by atoms with Gasteiger partial charge in [0.25, 0.3) is 0 Å². The summed E-state index contributed by atoms with van der Waals surface area (Å²) in [6.45, 7) is 8.01. The lowest BCUT2D eigenvalue weighted by Crippen LogP contribution is -2.35. The second kappa shape index (κ2) is 8.20. The van der Waals surface area contributed by atoms with Gasteiger partial charge in [-0.05, 0) is 29.5 Å². The smallest absolute Gasteiger partial charge is 0.227 e. The van der Waals surface area contributed by atoms with Crippen molar-refractivity contribution in [3.8, 4) is 6.07 Å². The molecule has 0 saturated heterocycles. The molecule has 26 heavy (non-hydrogen) atoms. The number of benzene rings is 1. The van der Waals surface area contributed by atoms with Crippen LogP contribution in [-0.4, -0.2) is 43.3 Å². The van der Waals surface area contributed by atoms with E-state index in [1.165, 1.54) is 5.57 Å². The molecule has 0 atom stereocenters. The van der Waals surface area contributed by atoms with Gasteiger partial charge in [0.05, 0.1) is 17.3 Å². The van der Waals surface area contributed by atoms with E-state index in [0.29, 0.717) is 5.92 Å². The molecule has 1 aromatic carbocycles. The van der Waals surface area contributed by atoms with Crippen molar-refractivity contribution >= 4 is 11.5 Å². The normalized spacial score (nSPS) is 15.0. The Kier molecular flexibility index (Phi) is 5.75. The molecular weight excluding hydrogens is 324 g/mol. The first kappa shape index (κ1) is 18.2. The first-order valence-electron chi connectivity index (χ1n) is 9.17. The van der Waals surface area contributed by atoms with Crippen LogP contribution in [0.3, 0.4) is 0 Å². The van der Waals surface area contributed by atoms with Gasteiger partial charge in [0.15, 0.2) is 0 Å². The monoisotopic (exact) mass is 350 g/mol. The molecule has 5 nitrogen and oxygen atoms in total. The predicted molar refractivity (Wildman–Crippen MR) is 104 cm³/mol. The van der Waals surface area contributed by atoms with Gasteiger partial charge in [-0.1, -0.05) is 43.3 Å². The van der Waals surface area contributed by atoms with Crippen molar-refractivity contribution in [1.82, 2.24) is 10.1 Å². The molecule has 2 aromatic rings. The summed E-state index contributed by atoms with van der Waals surface area (Å²) in [5, 5.41) is 13.4. The summed E-state index contributed by atoms with van der Waals surface area (Å²) in [4.78, 5) is 4.54. The van der Waals surface area contributed by atoms with E-state index in [9.17, 15) is 5.26 Å². The molecule has 0 aliphatic carbocycles. The molecule has 0 amide bonds. The van der Waals surface area contributed by atoms with E-state index in [-0.39, 0.29) is 0 Å². The van der Waals surface area contributed by atoms with Crippen molar-refractivity contribution in [2.75, 3.05) is 38.1 Å². The number of likely N-dealkylation sites (N-methyl/N-ethyl adjacent to an activating group) is 1. The molecule has 0 unspecified atom stereocenters. The molecule has 1 aliphatic rings. The van der Waals surface area contributed by atoms with Gasteiger partial charge in [-0.2, -0.15) is 5.26 Å². The Morgan fingerprint density at radius 3 is 2.81 bits per heavy atom. The van der Waals surface area contributed by atoms with Crippen LogP contribution in [0.1, 0.15) is 43.0 Å². The Morgan fingerprint density at radius 2 is 2.15 bits per heavy atom. The standard InChI is InChI=1S/C21H26N4O/c1-16(2)20-14-21(26-23-20)24(3)12-13-25-10-8-17(9-11-25)19-7-5-4-6-18(19)15-22/h4-8,14,16H,9-13H2,1-3H3. The molecule has 0 spiro atoms. The molecular formula is C21H26N4O. The topological polar surface area (TPSA) is 56.3 Å². The molecule has 0 fully saturated rings. The highest BCUT2D eigenvalue weighted by molar-refractivity contribution is 5.71. The fraction of sp³-hybridized carbons (Fsp3) is 0.429. The van der Waals surface area contributed by atoms with Crippen molar-refractivity contribution in [2.45, 2.75) is 26.2 Å². The zero-order valence-electron chi connectivity index (χ0n) is 15.8. The summed E-state index contributed by atoms with van der Waals surface area (Å²) in [5.41, 5.74) is 4.12. The number of hydrogen-bond acceptors (Lipinski definition) is 5. The Hall–Kier alpha value is -2.58. The van der Waals surface area contributed by atoms with Gasteiger partial charge in [-0.25, -0.2) is 0 Å². The zero-order chi connectivity index (χ0) is 18.5. The lowest BCUT2D eigenvalue weighted by atomic mass is 9.95. The first-order valence-corrected chi connectivity index (χ1v) is 9.17. The van der Waals surface area contributed by atoms with Crippen molar-refractivity contribution in [3.05, 3.63) is 53.2 Å². The Morgan fingerprint density at radius 1 is 1.35 bits per heavy atom. The minimum absolute atomic E-state index is 0.378. The summed E-state index contributed by atoms with van der Waals surface area (Å²) in [7, 11) is 2.04. The summed E-state index contributed by atoms with van der Waals surface area (Å²) in [6, 6.07) is 12.2. The number of aromatic nitrogens is 1. The van der Waals surface area contributed by atoms with Gasteiger partial charge in [-0.15, -0.1) is 0 Å². The molecule has 1 aliphatic heterocycles. The summed E-state index contributed by atoms with van der Waals surface area (Å²) >= 11 is 0. The van der Waals surface area contributed by atoms with Crippen LogP contribution in [0.5, 0.6) is 0 Å². The van der Waals surface area contributed by atoms with Crippen LogP contribution in [0.25, 0.3) is 5.57 Å². The lowest BCUT2D eigenvalue weighted by molar-refractivity contribution is 0.305. The summed E-state index contributed by atoms with van der Waals surface area (Å²) < 4.78 is 5.44. The number of rotatable bonds is 6. The van der Waals surface area contributed by atoms with Crippen molar-refractivity contribution in [3.63, 3.8) is 0 Å². The van der Waals surface area contributed by atoms with E-state index in [2.05, 4.69) is 40.9 Å². The zero-order valence-corrected chi connectivity index (χ0v) is 15.8. The van der Waals surface area contributed by atoms with Crippen LogP contribution in [-0.2, 0) is 0 Å². The minimum atomic E-state index is 0.378. The Balaban J connectivity index is 1.55. The number of hydrogen-bond donors (Lipinski definition) is 0. The third-order valence-electron chi connectivity index (χ3n) is 4.92. The maximum atomic E-state index is 9.28. The molecule has 0 saturated carbocycles. The van der Waals surface area contributed by atoms with E-state index in [4.69, 9.17) is 4.52 Å². The highest BCUT2D eigenvalue weighted by atomic mass is 16.5. The number of nitriles is 1. The van der Waals surface area contributed by atoms with Gasteiger partial charge in [-0.3, -0.25) is 4.90 Å². The van der Waals surface area contributed by atoms with Crippen molar-refractivity contribution in [2.24, 2.45) is 0 Å². The van der Waals surface area contributed by atoms with Gasteiger partial charge in [0, 0.05) is 39.3 Å². The maximum absolute atomic E-state index is 9.28. The molecule has 3 rings (SSSR count). The quantitative estimate of drug-likeness (QED) is 0.791. The van der Waals surface area contributed by atoms with Crippen LogP contribution in [0, 0.1) is 11.3 Å². The van der Waals surface area contributed by atoms with E-state index >= 15 is 0 Å². The van der Waals surface area contributed by atoms with Crippen LogP contribution >= 0.6 is 0 Å². The van der Waals surface area contributed by atoms with E-state index < -0.39 is 0 Å². The summed E-state index contributed by atoms with van der Waals surface area (Å²) in [6.07, 6.45) is 3.23. The van der Waals surface area contributed by atoms with Crippen molar-refractivity contribution < 1.29 is 4.52 Å². The van der Waals surface area contributed by atoms with Gasteiger partial charge >= 0.3 is 0 Å². The van der Waals surface area contributed by atoms with Crippen LogP contribution in [0.15, 0.2) is 40.9 Å². The summed E-state index contributed by atoms with van der Waals surface area (Å²) in [5.74, 6) is 1.20. The molecule has 136 valence electrons. The van der Waals surface area contributed by atoms with E-state index in [0.717, 1.165) is 55.3 Å². The molecule has 0 N–H and O–H groups in total. The minimum Gasteiger partial charge on any atom is -0.342 e. The third kappa shape index (κ3) is 4.14. The SMILES string of the molecule is CC(C)c1cc(N(C)CCN2CC=C(c3ccccc3C#N)CC2)on1. The molecule has 0 radical (unpaired) electrons. The van der Waals surface area contributed by atoms with Crippen molar-refractivity contribution in [1.29, 1.82) is 5.26 Å². The van der Waals surface area contributed by atoms with Crippen LogP contribution < -0.4 is 4.90 Å². The Bertz CT molecular complexity index is 815. The van der Waals surface area contributed by atoms with Gasteiger partial charge < -0.3 is 9.42 Å². The van der Waals surface area contributed by atoms with Gasteiger partial charge in [0.2, 0.25) is 5.88 Å². The maximum Gasteiger partial charge on any atom is 0.227 e. The largest absolute Gasteiger partial charge is 0.342 e. The number of anilines is 1. The second-order valence-electron chi connectivity index (χ2n) is 7.10. The molecule has 0 bridgehead atoms. The fourth-order valence-corrected chi connectivity index (χ4v) is 3.15. The first-order chi connectivity index (χ1) is 12.6. The van der Waals surface area contributed by atoms with E-state index in [1.807, 2.05) is 37.4 Å². The Labute approximate surface area is 155 Å². The van der Waals surface area contributed by atoms with Crippen LogP contribution in [0.4, 0.5) is 5.88 Å². The highest BCUT2D eigenvalue weighted by Crippen LogP contribution is 2.25. The average molecular weight is 350 g/mol. The fourth-order valence-electron chi connectivity index (χ4n) is 3.15.